The molecule has 182 valence electrons. The predicted octanol–water partition coefficient (Wildman–Crippen LogP) is 4.34. The molecule has 4 rings (SSSR count). The molecule has 2 aliphatic rings. The number of halogens is 1. The Bertz CT molecular complexity index is 1030. The summed E-state index contributed by atoms with van der Waals surface area (Å²) in [6.45, 7) is 9.89. The van der Waals surface area contributed by atoms with Crippen LogP contribution in [-0.4, -0.2) is 72.0 Å². The van der Waals surface area contributed by atoms with Crippen molar-refractivity contribution in [3.8, 4) is 0 Å². The van der Waals surface area contributed by atoms with Gasteiger partial charge in [0.15, 0.2) is 5.82 Å². The number of rotatable bonds is 7. The van der Waals surface area contributed by atoms with Gasteiger partial charge in [0.25, 0.3) is 5.91 Å². The zero-order chi connectivity index (χ0) is 24.1. The number of amides is 3. The second-order valence-corrected chi connectivity index (χ2v) is 9.10. The second-order valence-electron chi connectivity index (χ2n) is 8.72. The molecule has 3 heterocycles. The van der Waals surface area contributed by atoms with E-state index in [1.54, 1.807) is 36.4 Å². The molecule has 0 radical (unpaired) electrons. The van der Waals surface area contributed by atoms with Crippen LogP contribution in [0.5, 0.6) is 0 Å². The first-order chi connectivity index (χ1) is 16.5. The van der Waals surface area contributed by atoms with Crippen molar-refractivity contribution in [1.82, 2.24) is 20.1 Å². The summed E-state index contributed by atoms with van der Waals surface area (Å²) >= 11 is 6.16. The minimum Gasteiger partial charge on any atom is -0.336 e. The molecule has 1 saturated heterocycles. The van der Waals surface area contributed by atoms with Crippen LogP contribution in [0, 0.1) is 0 Å². The van der Waals surface area contributed by atoms with Crippen LogP contribution in [0.25, 0.3) is 0 Å². The minimum atomic E-state index is -0.336. The van der Waals surface area contributed by atoms with Crippen molar-refractivity contribution in [2.24, 2.45) is 0 Å². The molecule has 2 aliphatic heterocycles. The molecule has 1 unspecified atom stereocenters. The lowest BCUT2D eigenvalue weighted by Crippen LogP contribution is -2.50. The van der Waals surface area contributed by atoms with Crippen molar-refractivity contribution in [1.29, 1.82) is 0 Å². The summed E-state index contributed by atoms with van der Waals surface area (Å²) in [4.78, 5) is 37.0. The summed E-state index contributed by atoms with van der Waals surface area (Å²) in [6.07, 6.45) is 3.63. The largest absolute Gasteiger partial charge is 0.336 e. The lowest BCUT2D eigenvalue weighted by molar-refractivity contribution is 0.102. The Labute approximate surface area is 206 Å². The Hall–Kier alpha value is -2.68. The standard InChI is InChI=1S/C25H33ClN6O2/c1-3-30(4-2)17-18-9-7-8-15-31(18)16-14-27-25(34)32-21-11-6-5-10-19(21)24(33)28-20-12-13-22(26)29-23(20)32/h5-6,10-13,18H,3-4,7-9,14-17H2,1-2H3,(H,27,34)(H,28,33). The normalized spacial score (nSPS) is 18.2. The van der Waals surface area contributed by atoms with E-state index >= 15 is 0 Å². The van der Waals surface area contributed by atoms with Crippen molar-refractivity contribution < 1.29 is 9.59 Å². The number of carbonyl (C=O) groups is 2. The van der Waals surface area contributed by atoms with Gasteiger partial charge in [-0.15, -0.1) is 0 Å². The molecule has 3 amide bonds. The number of carbonyl (C=O) groups excluding carboxylic acids is 2. The van der Waals surface area contributed by atoms with Gasteiger partial charge in [-0.3, -0.25) is 9.69 Å². The number of likely N-dealkylation sites (N-methyl/N-ethyl adjacent to an activating group) is 1. The van der Waals surface area contributed by atoms with Crippen molar-refractivity contribution in [3.63, 3.8) is 0 Å². The van der Waals surface area contributed by atoms with Gasteiger partial charge < -0.3 is 15.5 Å². The first kappa shape index (κ1) is 24.4. The smallest absolute Gasteiger partial charge is 0.327 e. The minimum absolute atomic E-state index is 0.248. The average molecular weight is 485 g/mol. The number of hydrogen-bond donors (Lipinski definition) is 2. The topological polar surface area (TPSA) is 80.8 Å². The molecule has 8 nitrogen and oxygen atoms in total. The zero-order valence-electron chi connectivity index (χ0n) is 19.9. The monoisotopic (exact) mass is 484 g/mol. The number of fused-ring (bicyclic) bond motifs is 2. The Kier molecular flexibility index (Phi) is 8.03. The predicted molar refractivity (Wildman–Crippen MR) is 136 cm³/mol. The van der Waals surface area contributed by atoms with Crippen LogP contribution < -0.4 is 15.5 Å². The molecule has 0 bridgehead atoms. The molecule has 0 aliphatic carbocycles. The SMILES string of the molecule is CCN(CC)CC1CCCCN1CCNC(=O)N1c2ccccc2C(=O)Nc2ccc(Cl)nc21. The summed E-state index contributed by atoms with van der Waals surface area (Å²) in [5.74, 6) is 0.0181. The van der Waals surface area contributed by atoms with E-state index in [4.69, 9.17) is 11.6 Å². The number of urea groups is 1. The van der Waals surface area contributed by atoms with Gasteiger partial charge in [-0.05, 0) is 56.7 Å². The molecule has 0 saturated carbocycles. The number of pyridine rings is 1. The van der Waals surface area contributed by atoms with Gasteiger partial charge in [-0.25, -0.2) is 14.7 Å². The third kappa shape index (κ3) is 5.35. The Morgan fingerprint density at radius 3 is 2.79 bits per heavy atom. The number of anilines is 3. The van der Waals surface area contributed by atoms with E-state index in [1.807, 2.05) is 0 Å². The van der Waals surface area contributed by atoms with Crippen LogP contribution in [0.4, 0.5) is 22.0 Å². The van der Waals surface area contributed by atoms with Gasteiger partial charge in [-0.1, -0.05) is 44.0 Å². The maximum atomic E-state index is 13.5. The number of aromatic nitrogens is 1. The van der Waals surface area contributed by atoms with E-state index in [-0.39, 0.29) is 17.1 Å². The highest BCUT2D eigenvalue weighted by molar-refractivity contribution is 6.30. The molecule has 1 fully saturated rings. The van der Waals surface area contributed by atoms with E-state index in [0.29, 0.717) is 35.3 Å². The number of para-hydroxylation sites is 1. The van der Waals surface area contributed by atoms with E-state index in [2.05, 4.69) is 39.3 Å². The fourth-order valence-electron chi connectivity index (χ4n) is 4.79. The molecule has 2 N–H and O–H groups in total. The van der Waals surface area contributed by atoms with Crippen LogP contribution in [0.3, 0.4) is 0 Å². The maximum absolute atomic E-state index is 13.5. The number of hydrogen-bond acceptors (Lipinski definition) is 5. The van der Waals surface area contributed by atoms with E-state index in [0.717, 1.165) is 32.7 Å². The van der Waals surface area contributed by atoms with Crippen LogP contribution in [0.15, 0.2) is 36.4 Å². The first-order valence-electron chi connectivity index (χ1n) is 12.1. The number of nitrogens with one attached hydrogen (secondary N) is 2. The maximum Gasteiger partial charge on any atom is 0.327 e. The summed E-state index contributed by atoms with van der Waals surface area (Å²) in [6, 6.07) is 10.5. The van der Waals surface area contributed by atoms with Gasteiger partial charge in [-0.2, -0.15) is 0 Å². The van der Waals surface area contributed by atoms with Crippen molar-refractivity contribution in [2.45, 2.75) is 39.2 Å². The Morgan fingerprint density at radius 2 is 2.00 bits per heavy atom. The molecule has 1 aromatic carbocycles. The molecule has 1 atom stereocenters. The van der Waals surface area contributed by atoms with Gasteiger partial charge in [0, 0.05) is 25.7 Å². The fraction of sp³-hybridized carbons (Fsp3) is 0.480. The van der Waals surface area contributed by atoms with Crippen LogP contribution in [0.1, 0.15) is 43.5 Å². The number of piperidine rings is 1. The molecular formula is C25H33ClN6O2. The lowest BCUT2D eigenvalue weighted by Gasteiger charge is -2.38. The lowest BCUT2D eigenvalue weighted by atomic mass is 10.0. The highest BCUT2D eigenvalue weighted by Gasteiger charge is 2.31. The molecule has 0 spiro atoms. The van der Waals surface area contributed by atoms with Crippen LogP contribution >= 0.6 is 11.6 Å². The molecule has 9 heteroatoms. The Morgan fingerprint density at radius 1 is 1.21 bits per heavy atom. The average Bonchev–Trinajstić information content (AvgIpc) is 2.97. The summed E-state index contributed by atoms with van der Waals surface area (Å²) in [5, 5.41) is 6.14. The van der Waals surface area contributed by atoms with Gasteiger partial charge in [0.1, 0.15) is 5.15 Å². The summed E-state index contributed by atoms with van der Waals surface area (Å²) < 4.78 is 0. The highest BCUT2D eigenvalue weighted by Crippen LogP contribution is 2.37. The van der Waals surface area contributed by atoms with Gasteiger partial charge in [0.05, 0.1) is 16.9 Å². The third-order valence-corrected chi connectivity index (χ3v) is 6.89. The van der Waals surface area contributed by atoms with Crippen molar-refractivity contribution in [2.75, 3.05) is 49.5 Å². The van der Waals surface area contributed by atoms with E-state index in [1.165, 1.54) is 24.2 Å². The quantitative estimate of drug-likeness (QED) is 0.571. The first-order valence-corrected chi connectivity index (χ1v) is 12.5. The van der Waals surface area contributed by atoms with Gasteiger partial charge in [0.2, 0.25) is 0 Å². The number of nitrogens with zero attached hydrogens (tertiary/aromatic N) is 4. The third-order valence-electron chi connectivity index (χ3n) is 6.68. The molecule has 2 aromatic rings. The second kappa shape index (κ2) is 11.2. The van der Waals surface area contributed by atoms with E-state index < -0.39 is 0 Å². The van der Waals surface area contributed by atoms with Crippen molar-refractivity contribution in [3.05, 3.63) is 47.1 Å². The van der Waals surface area contributed by atoms with Crippen LogP contribution in [0.2, 0.25) is 5.15 Å². The molecule has 34 heavy (non-hydrogen) atoms. The fourth-order valence-corrected chi connectivity index (χ4v) is 4.93. The number of benzene rings is 1. The zero-order valence-corrected chi connectivity index (χ0v) is 20.6. The molecular weight excluding hydrogens is 452 g/mol. The summed E-state index contributed by atoms with van der Waals surface area (Å²) in [7, 11) is 0. The summed E-state index contributed by atoms with van der Waals surface area (Å²) in [5.41, 5.74) is 1.32. The van der Waals surface area contributed by atoms with Crippen LogP contribution in [-0.2, 0) is 0 Å². The molecule has 1 aromatic heterocycles. The van der Waals surface area contributed by atoms with Gasteiger partial charge >= 0.3 is 6.03 Å². The highest BCUT2D eigenvalue weighted by atomic mass is 35.5. The Balaban J connectivity index is 1.50. The number of likely N-dealkylation sites (tertiary alicyclic amines) is 1. The van der Waals surface area contributed by atoms with E-state index in [9.17, 15) is 9.59 Å². The van der Waals surface area contributed by atoms with Crippen molar-refractivity contribution >= 4 is 40.7 Å².